The number of rotatable bonds is 15. The van der Waals surface area contributed by atoms with Gasteiger partial charge in [-0.1, -0.05) is 78.7 Å². The standard InChI is InChI=1S/C25H48O4Si/c1-8-9-10-11-12-13-14-16-21(27-5)19-23(29-30(6,7)25(2,3)4)20-22-17-15-18-24(26)28-22/h15,18,21-23H,8-14,16-17,19-20H2,1-7H3/t21-,22+,23+/m1/s1. The Bertz CT molecular complexity index is 510. The number of hydrogen-bond acceptors (Lipinski definition) is 4. The van der Waals surface area contributed by atoms with Crippen molar-refractivity contribution in [2.24, 2.45) is 0 Å². The van der Waals surface area contributed by atoms with Crippen molar-refractivity contribution in [1.29, 1.82) is 0 Å². The first-order chi connectivity index (χ1) is 14.1. The van der Waals surface area contributed by atoms with Crippen LogP contribution in [0, 0.1) is 0 Å². The summed E-state index contributed by atoms with van der Waals surface area (Å²) in [4.78, 5) is 11.7. The van der Waals surface area contributed by atoms with Crippen molar-refractivity contribution in [3.05, 3.63) is 12.2 Å². The van der Waals surface area contributed by atoms with Crippen LogP contribution in [0.25, 0.3) is 0 Å². The van der Waals surface area contributed by atoms with E-state index in [1.54, 1.807) is 0 Å². The number of esters is 1. The van der Waals surface area contributed by atoms with Crippen LogP contribution in [0.15, 0.2) is 12.2 Å². The van der Waals surface area contributed by atoms with Crippen molar-refractivity contribution < 1.29 is 18.7 Å². The van der Waals surface area contributed by atoms with Crippen molar-refractivity contribution in [2.45, 2.75) is 135 Å². The van der Waals surface area contributed by atoms with Gasteiger partial charge in [0, 0.05) is 26.0 Å². The summed E-state index contributed by atoms with van der Waals surface area (Å²) < 4.78 is 18.2. The summed E-state index contributed by atoms with van der Waals surface area (Å²) in [6.45, 7) is 13.7. The molecule has 0 aromatic heterocycles. The van der Waals surface area contributed by atoms with Crippen LogP contribution in [0.1, 0.15) is 98.3 Å². The minimum atomic E-state index is -1.92. The summed E-state index contributed by atoms with van der Waals surface area (Å²) >= 11 is 0. The molecular weight excluding hydrogens is 392 g/mol. The van der Waals surface area contributed by atoms with Gasteiger partial charge in [-0.25, -0.2) is 4.79 Å². The van der Waals surface area contributed by atoms with Gasteiger partial charge in [0.15, 0.2) is 8.32 Å². The zero-order valence-corrected chi connectivity index (χ0v) is 21.8. The van der Waals surface area contributed by atoms with E-state index in [-0.39, 0.29) is 29.3 Å². The Hall–Kier alpha value is -0.653. The van der Waals surface area contributed by atoms with Gasteiger partial charge in [-0.3, -0.25) is 0 Å². The fourth-order valence-corrected chi connectivity index (χ4v) is 5.12. The van der Waals surface area contributed by atoms with Gasteiger partial charge in [-0.05, 0) is 31.0 Å². The zero-order valence-electron chi connectivity index (χ0n) is 20.8. The molecule has 3 atom stereocenters. The molecule has 30 heavy (non-hydrogen) atoms. The van der Waals surface area contributed by atoms with Crippen LogP contribution in [0.5, 0.6) is 0 Å². The molecule has 0 N–H and O–H groups in total. The van der Waals surface area contributed by atoms with Crippen molar-refractivity contribution in [2.75, 3.05) is 7.11 Å². The van der Waals surface area contributed by atoms with Crippen molar-refractivity contribution in [1.82, 2.24) is 0 Å². The number of carbonyl (C=O) groups excluding carboxylic acids is 1. The average molecular weight is 441 g/mol. The Labute approximate surface area is 187 Å². The second kappa shape index (κ2) is 13.7. The van der Waals surface area contributed by atoms with Crippen LogP contribution in [0.3, 0.4) is 0 Å². The number of ether oxygens (including phenoxy) is 2. The molecular formula is C25H48O4Si. The molecule has 0 saturated carbocycles. The average Bonchev–Trinajstić information content (AvgIpc) is 2.65. The minimum absolute atomic E-state index is 0.0599. The Morgan fingerprint density at radius 3 is 2.30 bits per heavy atom. The summed E-state index contributed by atoms with van der Waals surface area (Å²) in [6, 6.07) is 0. The number of cyclic esters (lactones) is 1. The van der Waals surface area contributed by atoms with Gasteiger partial charge in [-0.2, -0.15) is 0 Å². The molecule has 0 fully saturated rings. The van der Waals surface area contributed by atoms with Gasteiger partial charge in [-0.15, -0.1) is 0 Å². The van der Waals surface area contributed by atoms with E-state index < -0.39 is 8.32 Å². The van der Waals surface area contributed by atoms with Gasteiger partial charge in [0.05, 0.1) is 12.2 Å². The number of carbonyl (C=O) groups is 1. The summed E-state index contributed by atoms with van der Waals surface area (Å²) in [7, 11) is -0.102. The predicted molar refractivity (Wildman–Crippen MR) is 128 cm³/mol. The maximum Gasteiger partial charge on any atom is 0.330 e. The van der Waals surface area contributed by atoms with E-state index in [2.05, 4.69) is 40.8 Å². The first-order valence-corrected chi connectivity index (χ1v) is 15.1. The summed E-state index contributed by atoms with van der Waals surface area (Å²) in [5, 5.41) is 0.148. The van der Waals surface area contributed by atoms with E-state index in [4.69, 9.17) is 13.9 Å². The maximum absolute atomic E-state index is 11.7. The molecule has 0 amide bonds. The third-order valence-corrected chi connectivity index (χ3v) is 11.3. The molecule has 0 aromatic carbocycles. The normalized spacial score (nSPS) is 19.6. The van der Waals surface area contributed by atoms with Crippen LogP contribution in [-0.4, -0.2) is 39.7 Å². The third kappa shape index (κ3) is 10.6. The highest BCUT2D eigenvalue weighted by Gasteiger charge is 2.40. The number of hydrogen-bond donors (Lipinski definition) is 0. The van der Waals surface area contributed by atoms with E-state index in [0.717, 1.165) is 25.7 Å². The molecule has 1 heterocycles. The number of methoxy groups -OCH3 is 1. The summed E-state index contributed by atoms with van der Waals surface area (Å²) in [5.74, 6) is -0.233. The molecule has 4 nitrogen and oxygen atoms in total. The molecule has 176 valence electrons. The highest BCUT2D eigenvalue weighted by Crippen LogP contribution is 2.38. The SMILES string of the molecule is CCCCCCCCC[C@H](C[C@@H](C[C@@H]1CC=CC(=O)O1)O[Si](C)(C)C(C)(C)C)OC. The lowest BCUT2D eigenvalue weighted by molar-refractivity contribution is -0.145. The maximum atomic E-state index is 11.7. The number of unbranched alkanes of at least 4 members (excludes halogenated alkanes) is 6. The zero-order chi connectivity index (χ0) is 22.6. The monoisotopic (exact) mass is 440 g/mol. The molecule has 1 rings (SSSR count). The largest absolute Gasteiger partial charge is 0.459 e. The topological polar surface area (TPSA) is 44.8 Å². The van der Waals surface area contributed by atoms with Crippen LogP contribution < -0.4 is 0 Å². The molecule has 5 heteroatoms. The summed E-state index contributed by atoms with van der Waals surface area (Å²) in [6.07, 6.45) is 16.3. The first kappa shape index (κ1) is 27.4. The fourth-order valence-electron chi connectivity index (χ4n) is 3.75. The van der Waals surface area contributed by atoms with E-state index in [1.165, 1.54) is 51.0 Å². The Kier molecular flexibility index (Phi) is 12.5. The molecule has 0 radical (unpaired) electrons. The molecule has 0 aromatic rings. The van der Waals surface area contributed by atoms with Crippen LogP contribution in [0.2, 0.25) is 18.1 Å². The lowest BCUT2D eigenvalue weighted by Gasteiger charge is -2.40. The molecule has 0 spiro atoms. The second-order valence-electron chi connectivity index (χ2n) is 10.4. The predicted octanol–water partition coefficient (Wildman–Crippen LogP) is 7.18. The van der Waals surface area contributed by atoms with E-state index in [0.29, 0.717) is 0 Å². The van der Waals surface area contributed by atoms with Crippen LogP contribution in [0.4, 0.5) is 0 Å². The molecule has 0 bridgehead atoms. The first-order valence-electron chi connectivity index (χ1n) is 12.2. The van der Waals surface area contributed by atoms with Gasteiger partial charge in [0.25, 0.3) is 0 Å². The lowest BCUT2D eigenvalue weighted by Crippen LogP contribution is -2.45. The summed E-state index contributed by atoms with van der Waals surface area (Å²) in [5.41, 5.74) is 0. The minimum Gasteiger partial charge on any atom is -0.459 e. The second-order valence-corrected chi connectivity index (χ2v) is 15.2. The molecule has 0 saturated heterocycles. The van der Waals surface area contributed by atoms with E-state index in [1.807, 2.05) is 13.2 Å². The Morgan fingerprint density at radius 1 is 1.10 bits per heavy atom. The molecule has 1 aliphatic rings. The Morgan fingerprint density at radius 2 is 1.73 bits per heavy atom. The third-order valence-electron chi connectivity index (χ3n) is 6.72. The smallest absolute Gasteiger partial charge is 0.330 e. The van der Waals surface area contributed by atoms with E-state index in [9.17, 15) is 4.79 Å². The molecule has 0 unspecified atom stereocenters. The quantitative estimate of drug-likeness (QED) is 0.154. The highest BCUT2D eigenvalue weighted by atomic mass is 28.4. The van der Waals surface area contributed by atoms with Gasteiger partial charge in [0.1, 0.15) is 6.10 Å². The van der Waals surface area contributed by atoms with Gasteiger partial charge in [0.2, 0.25) is 0 Å². The molecule has 1 aliphatic heterocycles. The fraction of sp³-hybridized carbons (Fsp3) is 0.880. The Balaban J connectivity index is 2.63. The van der Waals surface area contributed by atoms with Crippen molar-refractivity contribution in [3.63, 3.8) is 0 Å². The van der Waals surface area contributed by atoms with E-state index >= 15 is 0 Å². The molecule has 0 aliphatic carbocycles. The van der Waals surface area contributed by atoms with Crippen LogP contribution in [-0.2, 0) is 18.7 Å². The van der Waals surface area contributed by atoms with Gasteiger partial charge < -0.3 is 13.9 Å². The highest BCUT2D eigenvalue weighted by molar-refractivity contribution is 6.74. The lowest BCUT2D eigenvalue weighted by atomic mass is 9.99. The van der Waals surface area contributed by atoms with Gasteiger partial charge >= 0.3 is 5.97 Å². The van der Waals surface area contributed by atoms with Crippen LogP contribution >= 0.6 is 0 Å². The van der Waals surface area contributed by atoms with Crippen molar-refractivity contribution >= 4 is 14.3 Å². The van der Waals surface area contributed by atoms with Crippen molar-refractivity contribution in [3.8, 4) is 0 Å².